The molecular weight excluding hydrogens is 204 g/mol. The summed E-state index contributed by atoms with van der Waals surface area (Å²) in [5.41, 5.74) is -0.307. The maximum Gasteiger partial charge on any atom is 0.509 e. The highest BCUT2D eigenvalue weighted by atomic mass is 16.8. The lowest BCUT2D eigenvalue weighted by molar-refractivity contribution is 0.0395. The first kappa shape index (κ1) is 13.3. The van der Waals surface area contributed by atoms with Crippen molar-refractivity contribution in [3.05, 3.63) is 0 Å². The number of rotatable bonds is 8. The largest absolute Gasteiger partial charge is 0.509 e. The number of hydrogen-bond donors (Lipinski definition) is 0. The van der Waals surface area contributed by atoms with E-state index in [1.807, 2.05) is 0 Å². The van der Waals surface area contributed by atoms with Crippen molar-refractivity contribution in [1.29, 1.82) is 0 Å². The Morgan fingerprint density at radius 1 is 1.06 bits per heavy atom. The van der Waals surface area contributed by atoms with E-state index in [9.17, 15) is 4.79 Å². The molecular formula is C13H24O3. The summed E-state index contributed by atoms with van der Waals surface area (Å²) in [6.07, 6.45) is 8.65. The van der Waals surface area contributed by atoms with Gasteiger partial charge in [-0.15, -0.1) is 0 Å². The predicted molar refractivity (Wildman–Crippen MR) is 63.4 cm³/mol. The molecule has 94 valence electrons. The zero-order chi connectivity index (χ0) is 11.9. The molecule has 1 rings (SSSR count). The lowest BCUT2D eigenvalue weighted by Gasteiger charge is -2.24. The van der Waals surface area contributed by atoms with Gasteiger partial charge in [-0.3, -0.25) is 0 Å². The first-order valence-corrected chi connectivity index (χ1v) is 6.58. The normalized spacial score (nSPS) is 24.2. The van der Waals surface area contributed by atoms with Gasteiger partial charge in [0.05, 0.1) is 0 Å². The fourth-order valence-corrected chi connectivity index (χ4v) is 2.30. The lowest BCUT2D eigenvalue weighted by atomic mass is 9.92. The summed E-state index contributed by atoms with van der Waals surface area (Å²) in [7, 11) is 0. The quantitative estimate of drug-likeness (QED) is 0.464. The second-order valence-electron chi connectivity index (χ2n) is 4.74. The van der Waals surface area contributed by atoms with E-state index in [4.69, 9.17) is 9.47 Å². The molecule has 0 bridgehead atoms. The van der Waals surface area contributed by atoms with Crippen LogP contribution in [0.1, 0.15) is 65.2 Å². The zero-order valence-corrected chi connectivity index (χ0v) is 10.6. The highest BCUT2D eigenvalue weighted by Crippen LogP contribution is 2.31. The van der Waals surface area contributed by atoms with E-state index in [1.165, 1.54) is 25.7 Å². The van der Waals surface area contributed by atoms with E-state index >= 15 is 0 Å². The smallest absolute Gasteiger partial charge is 0.430 e. The molecule has 1 aliphatic heterocycles. The SMILES string of the molecule is CCCCCCCC1(CCC)COC(=O)O1. The third-order valence-corrected chi connectivity index (χ3v) is 3.19. The summed E-state index contributed by atoms with van der Waals surface area (Å²) in [4.78, 5) is 11.0. The van der Waals surface area contributed by atoms with Gasteiger partial charge < -0.3 is 9.47 Å². The lowest BCUT2D eigenvalue weighted by Crippen LogP contribution is -2.31. The number of cyclic esters (lactones) is 2. The standard InChI is InChI=1S/C13H24O3/c1-3-5-6-7-8-10-13(9-4-2)11-15-12(14)16-13/h3-11H2,1-2H3. The molecule has 0 amide bonds. The maximum absolute atomic E-state index is 11.0. The first-order chi connectivity index (χ1) is 7.72. The fourth-order valence-electron chi connectivity index (χ4n) is 2.30. The van der Waals surface area contributed by atoms with Crippen molar-refractivity contribution in [3.8, 4) is 0 Å². The fraction of sp³-hybridized carbons (Fsp3) is 0.923. The number of unbranched alkanes of at least 4 members (excludes halogenated alkanes) is 4. The van der Waals surface area contributed by atoms with Crippen LogP contribution in [0.25, 0.3) is 0 Å². The molecule has 0 aliphatic carbocycles. The molecule has 1 heterocycles. The highest BCUT2D eigenvalue weighted by molar-refractivity contribution is 5.62. The molecule has 0 aromatic carbocycles. The van der Waals surface area contributed by atoms with Crippen LogP contribution in [0, 0.1) is 0 Å². The van der Waals surface area contributed by atoms with Gasteiger partial charge in [0, 0.05) is 0 Å². The molecule has 1 unspecified atom stereocenters. The highest BCUT2D eigenvalue weighted by Gasteiger charge is 2.40. The summed E-state index contributed by atoms with van der Waals surface area (Å²) in [5, 5.41) is 0. The van der Waals surface area contributed by atoms with Gasteiger partial charge in [0.15, 0.2) is 0 Å². The Morgan fingerprint density at radius 3 is 2.38 bits per heavy atom. The van der Waals surface area contributed by atoms with Gasteiger partial charge >= 0.3 is 6.16 Å². The minimum atomic E-state index is -0.484. The summed E-state index contributed by atoms with van der Waals surface area (Å²) >= 11 is 0. The average Bonchev–Trinajstić information content (AvgIpc) is 2.61. The van der Waals surface area contributed by atoms with Crippen LogP contribution >= 0.6 is 0 Å². The maximum atomic E-state index is 11.0. The summed E-state index contributed by atoms with van der Waals surface area (Å²) in [6, 6.07) is 0. The molecule has 1 saturated heterocycles. The summed E-state index contributed by atoms with van der Waals surface area (Å²) < 4.78 is 10.3. The Kier molecular flexibility index (Phi) is 5.64. The molecule has 1 aliphatic rings. The first-order valence-electron chi connectivity index (χ1n) is 6.58. The molecule has 1 fully saturated rings. The summed E-state index contributed by atoms with van der Waals surface area (Å²) in [6.45, 7) is 4.78. The van der Waals surface area contributed by atoms with Crippen molar-refractivity contribution in [2.45, 2.75) is 70.8 Å². The van der Waals surface area contributed by atoms with E-state index in [2.05, 4.69) is 13.8 Å². The monoisotopic (exact) mass is 228 g/mol. The Labute approximate surface area is 98.5 Å². The average molecular weight is 228 g/mol. The van der Waals surface area contributed by atoms with Crippen molar-refractivity contribution in [3.63, 3.8) is 0 Å². The van der Waals surface area contributed by atoms with E-state index in [0.29, 0.717) is 6.61 Å². The van der Waals surface area contributed by atoms with Gasteiger partial charge in [-0.05, 0) is 19.3 Å². The van der Waals surface area contributed by atoms with Crippen LogP contribution in [0.15, 0.2) is 0 Å². The van der Waals surface area contributed by atoms with Crippen molar-refractivity contribution in [2.75, 3.05) is 6.61 Å². The van der Waals surface area contributed by atoms with Crippen molar-refractivity contribution >= 4 is 6.16 Å². The van der Waals surface area contributed by atoms with Crippen LogP contribution in [-0.4, -0.2) is 18.4 Å². The number of carbonyl (C=O) groups excluding carboxylic acids is 1. The van der Waals surface area contributed by atoms with Crippen molar-refractivity contribution in [1.82, 2.24) is 0 Å². The van der Waals surface area contributed by atoms with E-state index in [1.54, 1.807) is 0 Å². The van der Waals surface area contributed by atoms with Gasteiger partial charge in [-0.25, -0.2) is 4.79 Å². The molecule has 16 heavy (non-hydrogen) atoms. The molecule has 0 aromatic heterocycles. The van der Waals surface area contributed by atoms with Crippen LogP contribution in [0.4, 0.5) is 4.79 Å². The second-order valence-corrected chi connectivity index (χ2v) is 4.74. The Hall–Kier alpha value is -0.730. The van der Waals surface area contributed by atoms with Crippen LogP contribution in [0.3, 0.4) is 0 Å². The van der Waals surface area contributed by atoms with Gasteiger partial charge in [0.25, 0.3) is 0 Å². The van der Waals surface area contributed by atoms with Crippen LogP contribution in [0.2, 0.25) is 0 Å². The third kappa shape index (κ3) is 4.03. The van der Waals surface area contributed by atoms with Gasteiger partial charge in [-0.2, -0.15) is 0 Å². The second kappa shape index (κ2) is 6.77. The van der Waals surface area contributed by atoms with E-state index in [0.717, 1.165) is 25.7 Å². The number of carbonyl (C=O) groups is 1. The Morgan fingerprint density at radius 2 is 1.81 bits per heavy atom. The molecule has 3 nitrogen and oxygen atoms in total. The number of hydrogen-bond acceptors (Lipinski definition) is 3. The molecule has 0 N–H and O–H groups in total. The molecule has 0 spiro atoms. The minimum absolute atomic E-state index is 0.307. The van der Waals surface area contributed by atoms with Gasteiger partial charge in [-0.1, -0.05) is 46.0 Å². The zero-order valence-electron chi connectivity index (χ0n) is 10.6. The summed E-state index contributed by atoms with van der Waals surface area (Å²) in [5.74, 6) is 0. The van der Waals surface area contributed by atoms with Crippen molar-refractivity contribution in [2.24, 2.45) is 0 Å². The van der Waals surface area contributed by atoms with E-state index in [-0.39, 0.29) is 5.60 Å². The number of ether oxygens (including phenoxy) is 2. The minimum Gasteiger partial charge on any atom is -0.430 e. The third-order valence-electron chi connectivity index (χ3n) is 3.19. The molecule has 0 saturated carbocycles. The molecule has 0 aromatic rings. The predicted octanol–water partition coefficient (Wildman–Crippen LogP) is 4.05. The van der Waals surface area contributed by atoms with Gasteiger partial charge in [0.1, 0.15) is 12.2 Å². The Balaban J connectivity index is 2.26. The topological polar surface area (TPSA) is 35.5 Å². The Bertz CT molecular complexity index is 215. The van der Waals surface area contributed by atoms with Crippen LogP contribution in [0.5, 0.6) is 0 Å². The molecule has 3 heteroatoms. The van der Waals surface area contributed by atoms with Gasteiger partial charge in [0.2, 0.25) is 0 Å². The molecule has 1 atom stereocenters. The van der Waals surface area contributed by atoms with Crippen LogP contribution < -0.4 is 0 Å². The van der Waals surface area contributed by atoms with Crippen LogP contribution in [-0.2, 0) is 9.47 Å². The molecule has 0 radical (unpaired) electrons. The van der Waals surface area contributed by atoms with E-state index < -0.39 is 6.16 Å². The van der Waals surface area contributed by atoms with Crippen molar-refractivity contribution < 1.29 is 14.3 Å².